The van der Waals surface area contributed by atoms with Crippen molar-refractivity contribution in [2.75, 3.05) is 0 Å². The number of hydrogen-bond donors (Lipinski definition) is 1. The zero-order chi connectivity index (χ0) is 11.2. The van der Waals surface area contributed by atoms with Crippen molar-refractivity contribution in [1.29, 1.82) is 0 Å². The molecule has 0 atom stereocenters. The van der Waals surface area contributed by atoms with E-state index in [0.29, 0.717) is 0 Å². The van der Waals surface area contributed by atoms with Gasteiger partial charge in [-0.05, 0) is 26.0 Å². The van der Waals surface area contributed by atoms with E-state index in [2.05, 4.69) is 22.0 Å². The van der Waals surface area contributed by atoms with Crippen molar-refractivity contribution in [3.8, 4) is 0 Å². The molecule has 0 aliphatic rings. The lowest BCUT2D eigenvalue weighted by atomic mass is 9.98. The van der Waals surface area contributed by atoms with E-state index in [0.717, 1.165) is 20.9 Å². The standard InChI is InChI=1S/C12H14BrNO/c1-12(2,15)10-7-14(3)11-6-8(13)4-5-9(10)11/h4-7,15H,1-3H3. The molecule has 0 aliphatic carbocycles. The Morgan fingerprint density at radius 2 is 2.00 bits per heavy atom. The number of aliphatic hydroxyl groups is 1. The van der Waals surface area contributed by atoms with Gasteiger partial charge in [-0.3, -0.25) is 0 Å². The highest BCUT2D eigenvalue weighted by molar-refractivity contribution is 9.10. The smallest absolute Gasteiger partial charge is 0.0861 e. The minimum absolute atomic E-state index is 0.798. The first-order valence-corrected chi connectivity index (χ1v) is 5.66. The average Bonchev–Trinajstić information content (AvgIpc) is 2.43. The van der Waals surface area contributed by atoms with Crippen LogP contribution in [0.1, 0.15) is 19.4 Å². The lowest BCUT2D eigenvalue weighted by Gasteiger charge is -2.16. The van der Waals surface area contributed by atoms with Crippen LogP contribution in [0, 0.1) is 0 Å². The average molecular weight is 268 g/mol. The second kappa shape index (κ2) is 3.35. The van der Waals surface area contributed by atoms with Gasteiger partial charge in [0.2, 0.25) is 0 Å². The molecule has 1 aromatic carbocycles. The van der Waals surface area contributed by atoms with Gasteiger partial charge >= 0.3 is 0 Å². The maximum absolute atomic E-state index is 10.0. The van der Waals surface area contributed by atoms with Crippen molar-refractivity contribution in [2.45, 2.75) is 19.4 Å². The molecule has 0 aliphatic heterocycles. The third kappa shape index (κ3) is 1.82. The first kappa shape index (κ1) is 10.7. The summed E-state index contributed by atoms with van der Waals surface area (Å²) in [6.07, 6.45) is 1.98. The molecule has 0 bridgehead atoms. The summed E-state index contributed by atoms with van der Waals surface area (Å²) in [5.41, 5.74) is 1.29. The van der Waals surface area contributed by atoms with Gasteiger partial charge in [0.05, 0.1) is 5.60 Å². The Morgan fingerprint density at radius 3 is 2.60 bits per heavy atom. The summed E-state index contributed by atoms with van der Waals surface area (Å²) in [6, 6.07) is 6.09. The predicted molar refractivity (Wildman–Crippen MR) is 65.9 cm³/mol. The maximum Gasteiger partial charge on any atom is 0.0861 e. The van der Waals surface area contributed by atoms with Crippen LogP contribution in [0.3, 0.4) is 0 Å². The number of rotatable bonds is 1. The highest BCUT2D eigenvalue weighted by Crippen LogP contribution is 2.31. The fourth-order valence-electron chi connectivity index (χ4n) is 1.84. The summed E-state index contributed by atoms with van der Waals surface area (Å²) in [7, 11) is 1.99. The Hall–Kier alpha value is -0.800. The van der Waals surface area contributed by atoms with E-state index in [1.807, 2.05) is 43.8 Å². The van der Waals surface area contributed by atoms with E-state index < -0.39 is 5.60 Å². The van der Waals surface area contributed by atoms with Gasteiger partial charge in [-0.25, -0.2) is 0 Å². The van der Waals surface area contributed by atoms with Crippen LogP contribution in [0.2, 0.25) is 0 Å². The van der Waals surface area contributed by atoms with Gasteiger partial charge < -0.3 is 9.67 Å². The molecule has 80 valence electrons. The van der Waals surface area contributed by atoms with Gasteiger partial charge in [0.15, 0.2) is 0 Å². The molecule has 0 unspecified atom stereocenters. The predicted octanol–water partition coefficient (Wildman–Crippen LogP) is 3.17. The molecule has 0 saturated heterocycles. The summed E-state index contributed by atoms with van der Waals surface area (Å²) in [5.74, 6) is 0. The van der Waals surface area contributed by atoms with E-state index >= 15 is 0 Å². The molecule has 3 heteroatoms. The first-order valence-electron chi connectivity index (χ1n) is 4.87. The molecular weight excluding hydrogens is 254 g/mol. The molecule has 15 heavy (non-hydrogen) atoms. The quantitative estimate of drug-likeness (QED) is 0.844. The lowest BCUT2D eigenvalue weighted by molar-refractivity contribution is 0.0800. The Bertz CT molecular complexity index is 508. The van der Waals surface area contributed by atoms with E-state index in [1.54, 1.807) is 0 Å². The van der Waals surface area contributed by atoms with Crippen LogP contribution in [0.5, 0.6) is 0 Å². The fraction of sp³-hybridized carbons (Fsp3) is 0.333. The third-order valence-electron chi connectivity index (χ3n) is 2.61. The van der Waals surface area contributed by atoms with E-state index in [4.69, 9.17) is 0 Å². The molecule has 1 heterocycles. The number of halogens is 1. The van der Waals surface area contributed by atoms with E-state index in [-0.39, 0.29) is 0 Å². The van der Waals surface area contributed by atoms with Crippen molar-refractivity contribution in [3.05, 3.63) is 34.4 Å². The minimum Gasteiger partial charge on any atom is -0.386 e. The van der Waals surface area contributed by atoms with Crippen molar-refractivity contribution in [3.63, 3.8) is 0 Å². The number of aryl methyl sites for hydroxylation is 1. The maximum atomic E-state index is 10.0. The fourth-order valence-corrected chi connectivity index (χ4v) is 2.19. The molecule has 0 radical (unpaired) electrons. The topological polar surface area (TPSA) is 25.2 Å². The van der Waals surface area contributed by atoms with Gasteiger partial charge in [0, 0.05) is 34.2 Å². The normalized spacial score (nSPS) is 12.3. The highest BCUT2D eigenvalue weighted by Gasteiger charge is 2.21. The van der Waals surface area contributed by atoms with Gasteiger partial charge in [-0.1, -0.05) is 22.0 Å². The summed E-state index contributed by atoms with van der Waals surface area (Å²) in [4.78, 5) is 0. The van der Waals surface area contributed by atoms with Crippen molar-refractivity contribution < 1.29 is 5.11 Å². The number of nitrogens with zero attached hydrogens (tertiary/aromatic N) is 1. The van der Waals surface area contributed by atoms with Crippen LogP contribution in [0.25, 0.3) is 10.9 Å². The minimum atomic E-state index is -0.798. The van der Waals surface area contributed by atoms with Crippen LogP contribution in [-0.4, -0.2) is 9.67 Å². The number of aromatic nitrogens is 1. The van der Waals surface area contributed by atoms with Gasteiger partial charge in [0.25, 0.3) is 0 Å². The first-order chi connectivity index (χ1) is 6.89. The molecule has 0 saturated carbocycles. The Morgan fingerprint density at radius 1 is 1.33 bits per heavy atom. The van der Waals surface area contributed by atoms with Gasteiger partial charge in [-0.15, -0.1) is 0 Å². The molecule has 0 fully saturated rings. The zero-order valence-electron chi connectivity index (χ0n) is 9.08. The van der Waals surface area contributed by atoms with Gasteiger partial charge in [-0.2, -0.15) is 0 Å². The summed E-state index contributed by atoms with van der Waals surface area (Å²) >= 11 is 3.45. The number of benzene rings is 1. The summed E-state index contributed by atoms with van der Waals surface area (Å²) < 4.78 is 3.09. The van der Waals surface area contributed by atoms with Crippen LogP contribution in [-0.2, 0) is 12.6 Å². The molecule has 0 spiro atoms. The largest absolute Gasteiger partial charge is 0.386 e. The molecule has 2 rings (SSSR count). The molecule has 2 aromatic rings. The second-order valence-electron chi connectivity index (χ2n) is 4.37. The molecule has 2 nitrogen and oxygen atoms in total. The molecular formula is C12H14BrNO. The lowest BCUT2D eigenvalue weighted by Crippen LogP contribution is -2.14. The number of hydrogen-bond acceptors (Lipinski definition) is 1. The monoisotopic (exact) mass is 267 g/mol. The van der Waals surface area contributed by atoms with Crippen molar-refractivity contribution in [1.82, 2.24) is 4.57 Å². The SMILES string of the molecule is Cn1cc(C(C)(C)O)c2ccc(Br)cc21. The van der Waals surface area contributed by atoms with Crippen molar-refractivity contribution >= 4 is 26.8 Å². The van der Waals surface area contributed by atoms with E-state index in [1.165, 1.54) is 0 Å². The molecule has 0 amide bonds. The van der Waals surface area contributed by atoms with Crippen LogP contribution < -0.4 is 0 Å². The van der Waals surface area contributed by atoms with Crippen LogP contribution in [0.15, 0.2) is 28.9 Å². The highest BCUT2D eigenvalue weighted by atomic mass is 79.9. The molecule has 1 aromatic heterocycles. The van der Waals surface area contributed by atoms with Crippen LogP contribution >= 0.6 is 15.9 Å². The van der Waals surface area contributed by atoms with Crippen molar-refractivity contribution in [2.24, 2.45) is 7.05 Å². The number of fused-ring (bicyclic) bond motifs is 1. The Labute approximate surface area is 97.7 Å². The molecule has 1 N–H and O–H groups in total. The Balaban J connectivity index is 2.79. The summed E-state index contributed by atoms with van der Waals surface area (Å²) in [6.45, 7) is 3.62. The van der Waals surface area contributed by atoms with Crippen LogP contribution in [0.4, 0.5) is 0 Å². The third-order valence-corrected chi connectivity index (χ3v) is 3.11. The van der Waals surface area contributed by atoms with E-state index in [9.17, 15) is 5.11 Å². The zero-order valence-corrected chi connectivity index (χ0v) is 10.7. The summed E-state index contributed by atoms with van der Waals surface area (Å²) in [5, 5.41) is 11.1. The van der Waals surface area contributed by atoms with Gasteiger partial charge in [0.1, 0.15) is 0 Å². The Kier molecular flexibility index (Phi) is 2.40. The second-order valence-corrected chi connectivity index (χ2v) is 5.29.